The fourth-order valence-electron chi connectivity index (χ4n) is 3.95. The van der Waals surface area contributed by atoms with E-state index in [4.69, 9.17) is 0 Å². The Morgan fingerprint density at radius 3 is 2.71 bits per heavy atom. The molecule has 1 saturated carbocycles. The molecule has 1 amide bonds. The number of hydrogen-bond acceptors (Lipinski definition) is 3. The Morgan fingerprint density at radius 1 is 1.29 bits per heavy atom. The van der Waals surface area contributed by atoms with E-state index in [1.165, 1.54) is 32.1 Å². The van der Waals surface area contributed by atoms with Crippen LogP contribution < -0.4 is 10.6 Å². The summed E-state index contributed by atoms with van der Waals surface area (Å²) in [6.45, 7) is 3.03. The van der Waals surface area contributed by atoms with Gasteiger partial charge in [-0.25, -0.2) is 0 Å². The van der Waals surface area contributed by atoms with E-state index in [0.717, 1.165) is 38.5 Å². The molecule has 1 aliphatic heterocycles. The number of hydrogen-bond donors (Lipinski definition) is 2. The van der Waals surface area contributed by atoms with Gasteiger partial charge in [0.05, 0.1) is 12.1 Å². The summed E-state index contributed by atoms with van der Waals surface area (Å²) < 4.78 is 0. The number of aldehydes is 1. The lowest BCUT2D eigenvalue weighted by Gasteiger charge is -2.31. The van der Waals surface area contributed by atoms with E-state index in [-0.39, 0.29) is 18.0 Å². The molecule has 0 spiro atoms. The van der Waals surface area contributed by atoms with Gasteiger partial charge in [0, 0.05) is 0 Å². The van der Waals surface area contributed by atoms with E-state index in [0.29, 0.717) is 11.8 Å². The van der Waals surface area contributed by atoms with Gasteiger partial charge in [0.2, 0.25) is 5.91 Å². The molecule has 0 aromatic heterocycles. The van der Waals surface area contributed by atoms with Gasteiger partial charge >= 0.3 is 0 Å². The molecule has 21 heavy (non-hydrogen) atoms. The van der Waals surface area contributed by atoms with Crippen molar-refractivity contribution < 1.29 is 9.59 Å². The number of carbonyl (C=O) groups is 2. The van der Waals surface area contributed by atoms with E-state index in [1.54, 1.807) is 0 Å². The molecule has 2 fully saturated rings. The molecule has 1 aliphatic carbocycles. The van der Waals surface area contributed by atoms with Crippen LogP contribution in [0.1, 0.15) is 64.7 Å². The van der Waals surface area contributed by atoms with Crippen LogP contribution in [0.3, 0.4) is 0 Å². The van der Waals surface area contributed by atoms with Crippen molar-refractivity contribution in [2.75, 3.05) is 6.54 Å². The maximum Gasteiger partial charge on any atom is 0.238 e. The molecule has 0 bridgehead atoms. The van der Waals surface area contributed by atoms with Crippen LogP contribution in [-0.2, 0) is 9.59 Å². The summed E-state index contributed by atoms with van der Waals surface area (Å²) >= 11 is 0. The second-order valence-corrected chi connectivity index (χ2v) is 6.68. The van der Waals surface area contributed by atoms with Gasteiger partial charge in [0.25, 0.3) is 0 Å². The molecule has 4 nitrogen and oxygen atoms in total. The van der Waals surface area contributed by atoms with Crippen LogP contribution in [0.2, 0.25) is 0 Å². The molecule has 0 aromatic carbocycles. The fraction of sp³-hybridized carbons (Fsp3) is 0.882. The van der Waals surface area contributed by atoms with Gasteiger partial charge in [0.1, 0.15) is 6.29 Å². The van der Waals surface area contributed by atoms with Crippen LogP contribution in [0.25, 0.3) is 0 Å². The van der Waals surface area contributed by atoms with Gasteiger partial charge < -0.3 is 15.4 Å². The number of unbranched alkanes of at least 4 members (excludes halogenated alkanes) is 1. The number of rotatable bonds is 7. The lowest BCUT2D eigenvalue weighted by molar-refractivity contribution is -0.126. The quantitative estimate of drug-likeness (QED) is 0.709. The van der Waals surface area contributed by atoms with Crippen LogP contribution >= 0.6 is 0 Å². The SMILES string of the molecule is CCCCC(C=O)NC(=O)C1NCCC1C1CCCCC1. The topological polar surface area (TPSA) is 58.2 Å². The van der Waals surface area contributed by atoms with Crippen LogP contribution in [0.5, 0.6) is 0 Å². The van der Waals surface area contributed by atoms with Gasteiger partial charge in [0.15, 0.2) is 0 Å². The van der Waals surface area contributed by atoms with Crippen molar-refractivity contribution in [3.8, 4) is 0 Å². The van der Waals surface area contributed by atoms with Crippen molar-refractivity contribution in [3.05, 3.63) is 0 Å². The Bertz CT molecular complexity index is 340. The summed E-state index contributed by atoms with van der Waals surface area (Å²) in [6, 6.07) is -0.399. The van der Waals surface area contributed by atoms with Crippen LogP contribution in [0, 0.1) is 11.8 Å². The predicted molar refractivity (Wildman–Crippen MR) is 84.0 cm³/mol. The second-order valence-electron chi connectivity index (χ2n) is 6.68. The fourth-order valence-corrected chi connectivity index (χ4v) is 3.95. The molecule has 2 rings (SSSR count). The molecule has 2 N–H and O–H groups in total. The minimum absolute atomic E-state index is 0.0382. The first-order chi connectivity index (χ1) is 10.3. The third kappa shape index (κ3) is 4.53. The van der Waals surface area contributed by atoms with Crippen LogP contribution in [0.4, 0.5) is 0 Å². The minimum Gasteiger partial charge on any atom is -0.345 e. The Labute approximate surface area is 128 Å². The highest BCUT2D eigenvalue weighted by Crippen LogP contribution is 2.35. The van der Waals surface area contributed by atoms with E-state index >= 15 is 0 Å². The van der Waals surface area contributed by atoms with Crippen molar-refractivity contribution in [1.82, 2.24) is 10.6 Å². The summed E-state index contributed by atoms with van der Waals surface area (Å²) in [5, 5.41) is 6.30. The Hall–Kier alpha value is -0.900. The van der Waals surface area contributed by atoms with Crippen molar-refractivity contribution >= 4 is 12.2 Å². The molecular weight excluding hydrogens is 264 g/mol. The number of carbonyl (C=O) groups excluding carboxylic acids is 2. The molecule has 0 radical (unpaired) electrons. The predicted octanol–water partition coefficient (Wildman–Crippen LogP) is 2.42. The average Bonchev–Trinajstić information content (AvgIpc) is 3.01. The summed E-state index contributed by atoms with van der Waals surface area (Å²) in [7, 11) is 0. The van der Waals surface area contributed by atoms with Crippen molar-refractivity contribution in [3.63, 3.8) is 0 Å². The van der Waals surface area contributed by atoms with Gasteiger partial charge in [-0.3, -0.25) is 4.79 Å². The second kappa shape index (κ2) is 8.52. The number of nitrogens with one attached hydrogen (secondary N) is 2. The Kier molecular flexibility index (Phi) is 6.68. The number of amides is 1. The summed E-state index contributed by atoms with van der Waals surface area (Å²) in [6.07, 6.45) is 11.3. The van der Waals surface area contributed by atoms with Gasteiger partial charge in [-0.05, 0) is 31.2 Å². The molecule has 2 aliphatic rings. The average molecular weight is 294 g/mol. The summed E-state index contributed by atoms with van der Waals surface area (Å²) in [5.41, 5.74) is 0. The highest BCUT2D eigenvalue weighted by atomic mass is 16.2. The smallest absolute Gasteiger partial charge is 0.238 e. The standard InChI is InChI=1S/C17H30N2O2/c1-2-3-9-14(12-20)19-17(21)16-15(10-11-18-16)13-7-5-4-6-8-13/h12-16,18H,2-11H2,1H3,(H,19,21). The molecule has 1 saturated heterocycles. The van der Waals surface area contributed by atoms with Crippen LogP contribution in [0.15, 0.2) is 0 Å². The lowest BCUT2D eigenvalue weighted by atomic mass is 9.76. The minimum atomic E-state index is -0.313. The summed E-state index contributed by atoms with van der Waals surface area (Å²) in [5.74, 6) is 1.19. The van der Waals surface area contributed by atoms with Crippen molar-refractivity contribution in [2.45, 2.75) is 76.8 Å². The lowest BCUT2D eigenvalue weighted by Crippen LogP contribution is -2.49. The highest BCUT2D eigenvalue weighted by Gasteiger charge is 2.38. The highest BCUT2D eigenvalue weighted by molar-refractivity contribution is 5.85. The Balaban J connectivity index is 1.88. The van der Waals surface area contributed by atoms with E-state index in [2.05, 4.69) is 17.6 Å². The Morgan fingerprint density at radius 2 is 2.05 bits per heavy atom. The molecular formula is C17H30N2O2. The first kappa shape index (κ1) is 16.5. The largest absolute Gasteiger partial charge is 0.345 e. The van der Waals surface area contributed by atoms with Crippen LogP contribution in [-0.4, -0.2) is 30.8 Å². The summed E-state index contributed by atoms with van der Waals surface area (Å²) in [4.78, 5) is 23.6. The maximum atomic E-state index is 12.5. The first-order valence-electron chi connectivity index (χ1n) is 8.75. The van der Waals surface area contributed by atoms with Gasteiger partial charge in [-0.1, -0.05) is 51.9 Å². The zero-order valence-corrected chi connectivity index (χ0v) is 13.3. The maximum absolute atomic E-state index is 12.5. The molecule has 1 heterocycles. The molecule has 3 unspecified atom stereocenters. The normalized spacial score (nSPS) is 28.2. The van der Waals surface area contributed by atoms with E-state index in [9.17, 15) is 9.59 Å². The first-order valence-corrected chi connectivity index (χ1v) is 8.75. The van der Waals surface area contributed by atoms with Gasteiger partial charge in [-0.2, -0.15) is 0 Å². The van der Waals surface area contributed by atoms with Gasteiger partial charge in [-0.15, -0.1) is 0 Å². The van der Waals surface area contributed by atoms with E-state index in [1.807, 2.05) is 0 Å². The van der Waals surface area contributed by atoms with E-state index < -0.39 is 0 Å². The third-order valence-electron chi connectivity index (χ3n) is 5.17. The van der Waals surface area contributed by atoms with Crippen molar-refractivity contribution in [1.29, 1.82) is 0 Å². The van der Waals surface area contributed by atoms with Crippen molar-refractivity contribution in [2.24, 2.45) is 11.8 Å². The third-order valence-corrected chi connectivity index (χ3v) is 5.17. The zero-order chi connectivity index (χ0) is 15.1. The monoisotopic (exact) mass is 294 g/mol. The molecule has 120 valence electrons. The zero-order valence-electron chi connectivity index (χ0n) is 13.3. The molecule has 4 heteroatoms. The molecule has 3 atom stereocenters. The molecule has 0 aromatic rings.